The van der Waals surface area contributed by atoms with E-state index in [-0.39, 0.29) is 28.7 Å². The molecule has 5 rings (SSSR count). The van der Waals surface area contributed by atoms with Gasteiger partial charge in [0, 0.05) is 28.3 Å². The van der Waals surface area contributed by atoms with Crippen molar-refractivity contribution in [1.29, 1.82) is 5.26 Å². The fourth-order valence-corrected chi connectivity index (χ4v) is 6.53. The SMILES string of the molecule is COc1ccc(C(=O)CSc2nnc(N3C(N)=C(C#N)C(c4ccc(Cl)cc4)C4=C3CCCC4=O)s2)cc1. The summed E-state index contributed by atoms with van der Waals surface area (Å²) < 4.78 is 5.72. The molecule has 0 saturated heterocycles. The van der Waals surface area contributed by atoms with E-state index in [2.05, 4.69) is 16.3 Å². The Kier molecular flexibility index (Phi) is 7.51. The molecule has 0 fully saturated rings. The summed E-state index contributed by atoms with van der Waals surface area (Å²) in [5.74, 6) is 0.455. The maximum absolute atomic E-state index is 13.2. The number of rotatable bonds is 7. The van der Waals surface area contributed by atoms with Crippen molar-refractivity contribution in [2.45, 2.75) is 29.5 Å². The zero-order chi connectivity index (χ0) is 26.8. The second-order valence-electron chi connectivity index (χ2n) is 8.66. The van der Waals surface area contributed by atoms with Crippen molar-refractivity contribution in [3.8, 4) is 11.8 Å². The Morgan fingerprint density at radius 2 is 1.95 bits per heavy atom. The molecule has 2 aliphatic rings. The molecule has 0 amide bonds. The molecule has 3 aromatic rings. The van der Waals surface area contributed by atoms with Gasteiger partial charge >= 0.3 is 0 Å². The lowest BCUT2D eigenvalue weighted by molar-refractivity contribution is -0.116. The number of Topliss-reactive ketones (excluding diaryl/α,β-unsaturated/α-hetero) is 2. The van der Waals surface area contributed by atoms with Gasteiger partial charge in [0.2, 0.25) is 5.13 Å². The van der Waals surface area contributed by atoms with Gasteiger partial charge in [-0.25, -0.2) is 0 Å². The first-order chi connectivity index (χ1) is 18.4. The van der Waals surface area contributed by atoms with Crippen LogP contribution in [0.3, 0.4) is 0 Å². The van der Waals surface area contributed by atoms with Gasteiger partial charge in [0.05, 0.1) is 30.4 Å². The van der Waals surface area contributed by atoms with Gasteiger partial charge in [0.25, 0.3) is 0 Å². The number of nitrogens with two attached hydrogens (primary N) is 1. The van der Waals surface area contributed by atoms with Gasteiger partial charge in [0.1, 0.15) is 11.6 Å². The second kappa shape index (κ2) is 11.0. The highest BCUT2D eigenvalue weighted by atomic mass is 35.5. The lowest BCUT2D eigenvalue weighted by Gasteiger charge is -2.38. The molecular weight excluding hydrogens is 542 g/mol. The van der Waals surface area contributed by atoms with E-state index in [9.17, 15) is 14.9 Å². The number of thioether (sulfide) groups is 1. The fourth-order valence-electron chi connectivity index (χ4n) is 4.63. The van der Waals surface area contributed by atoms with Crippen LogP contribution in [0.25, 0.3) is 0 Å². The summed E-state index contributed by atoms with van der Waals surface area (Å²) in [6, 6.07) is 16.3. The van der Waals surface area contributed by atoms with Crippen LogP contribution >= 0.6 is 34.7 Å². The summed E-state index contributed by atoms with van der Waals surface area (Å²) in [5, 5.41) is 19.7. The molecule has 0 radical (unpaired) electrons. The topological polar surface area (TPSA) is 122 Å². The predicted molar refractivity (Wildman–Crippen MR) is 147 cm³/mol. The van der Waals surface area contributed by atoms with Crippen molar-refractivity contribution < 1.29 is 14.3 Å². The largest absolute Gasteiger partial charge is 0.497 e. The fraction of sp³-hybridized carbons (Fsp3) is 0.222. The Hall–Kier alpha value is -3.65. The van der Waals surface area contributed by atoms with Crippen LogP contribution in [-0.2, 0) is 4.79 Å². The molecule has 0 saturated carbocycles. The number of aromatic nitrogens is 2. The Morgan fingerprint density at radius 1 is 1.21 bits per heavy atom. The first-order valence-corrected chi connectivity index (χ1v) is 13.9. The van der Waals surface area contributed by atoms with Crippen molar-refractivity contribution >= 4 is 51.4 Å². The normalized spacial score (nSPS) is 17.3. The van der Waals surface area contributed by atoms with Gasteiger partial charge in [-0.2, -0.15) is 5.26 Å². The van der Waals surface area contributed by atoms with Crippen LogP contribution in [0.4, 0.5) is 5.13 Å². The third-order valence-electron chi connectivity index (χ3n) is 6.44. The summed E-state index contributed by atoms with van der Waals surface area (Å²) in [5.41, 5.74) is 9.52. The monoisotopic (exact) mass is 563 g/mol. The maximum atomic E-state index is 13.2. The Balaban J connectivity index is 1.44. The maximum Gasteiger partial charge on any atom is 0.219 e. The minimum atomic E-state index is -0.569. The third-order valence-corrected chi connectivity index (χ3v) is 8.74. The Bertz CT molecular complexity index is 1510. The van der Waals surface area contributed by atoms with Crippen molar-refractivity contribution in [3.05, 3.63) is 87.3 Å². The van der Waals surface area contributed by atoms with Gasteiger partial charge in [-0.1, -0.05) is 46.8 Å². The number of ketones is 2. The van der Waals surface area contributed by atoms with Crippen molar-refractivity contribution in [2.75, 3.05) is 17.8 Å². The molecule has 1 aromatic heterocycles. The number of benzene rings is 2. The number of hydrogen-bond donors (Lipinski definition) is 1. The molecule has 1 atom stereocenters. The molecule has 38 heavy (non-hydrogen) atoms. The van der Waals surface area contributed by atoms with Gasteiger partial charge < -0.3 is 10.5 Å². The molecule has 0 spiro atoms. The number of nitrogens with zero attached hydrogens (tertiary/aromatic N) is 4. The van der Waals surface area contributed by atoms with Gasteiger partial charge in [0.15, 0.2) is 15.9 Å². The standard InChI is InChI=1S/C27H22ClN5O3S2/c1-36-18-11-7-15(8-12-18)22(35)14-37-27-32-31-26(38-27)33-20-3-2-4-21(34)24(20)23(19(13-29)25(33)30)16-5-9-17(28)10-6-16/h5-12,23H,2-4,14,30H2,1H3. The number of carbonyl (C=O) groups excluding carboxylic acids is 2. The molecule has 11 heteroatoms. The Morgan fingerprint density at radius 3 is 2.63 bits per heavy atom. The van der Waals surface area contributed by atoms with E-state index < -0.39 is 5.92 Å². The van der Waals surface area contributed by atoms with Crippen molar-refractivity contribution in [3.63, 3.8) is 0 Å². The highest BCUT2D eigenvalue weighted by Gasteiger charge is 2.41. The average molecular weight is 564 g/mol. The number of carbonyl (C=O) groups is 2. The van der Waals surface area contributed by atoms with E-state index in [1.807, 2.05) is 12.1 Å². The summed E-state index contributed by atoms with van der Waals surface area (Å²) in [6.45, 7) is 0. The summed E-state index contributed by atoms with van der Waals surface area (Å²) >= 11 is 8.62. The minimum Gasteiger partial charge on any atom is -0.497 e. The van der Waals surface area contributed by atoms with E-state index in [0.717, 1.165) is 11.3 Å². The molecule has 2 aromatic carbocycles. The first kappa shape index (κ1) is 26.0. The van der Waals surface area contributed by atoms with E-state index >= 15 is 0 Å². The van der Waals surface area contributed by atoms with Crippen LogP contribution in [0.15, 0.2) is 75.5 Å². The number of ether oxygens (including phenoxy) is 1. The molecule has 192 valence electrons. The van der Waals surface area contributed by atoms with Crippen LogP contribution < -0.4 is 15.4 Å². The number of nitriles is 1. The zero-order valence-electron chi connectivity index (χ0n) is 20.3. The quantitative estimate of drug-likeness (QED) is 0.294. The van der Waals surface area contributed by atoms with Gasteiger partial charge in [-0.05, 0) is 54.8 Å². The summed E-state index contributed by atoms with van der Waals surface area (Å²) in [4.78, 5) is 27.5. The molecule has 2 N–H and O–H groups in total. The predicted octanol–water partition coefficient (Wildman–Crippen LogP) is 5.48. The van der Waals surface area contributed by atoms with Crippen molar-refractivity contribution in [1.82, 2.24) is 10.2 Å². The van der Waals surface area contributed by atoms with Crippen LogP contribution in [0.1, 0.15) is 41.1 Å². The highest BCUT2D eigenvalue weighted by Crippen LogP contribution is 2.47. The second-order valence-corrected chi connectivity index (χ2v) is 11.3. The molecule has 2 heterocycles. The van der Waals surface area contributed by atoms with Crippen LogP contribution in [0.2, 0.25) is 5.02 Å². The third kappa shape index (κ3) is 4.92. The molecule has 1 aliphatic heterocycles. The van der Waals surface area contributed by atoms with E-state index in [1.54, 1.807) is 48.4 Å². The molecule has 1 aliphatic carbocycles. The number of hydrogen-bond acceptors (Lipinski definition) is 10. The summed E-state index contributed by atoms with van der Waals surface area (Å²) in [7, 11) is 1.57. The average Bonchev–Trinajstić information content (AvgIpc) is 3.40. The summed E-state index contributed by atoms with van der Waals surface area (Å²) in [6.07, 6.45) is 1.69. The number of methoxy groups -OCH3 is 1. The Labute approximate surface area is 232 Å². The van der Waals surface area contributed by atoms with E-state index in [0.29, 0.717) is 50.6 Å². The molecule has 8 nitrogen and oxygen atoms in total. The van der Waals surface area contributed by atoms with Gasteiger partial charge in [-0.3, -0.25) is 14.5 Å². The smallest absolute Gasteiger partial charge is 0.219 e. The van der Waals surface area contributed by atoms with E-state index in [4.69, 9.17) is 22.1 Å². The lowest BCUT2D eigenvalue weighted by Crippen LogP contribution is -2.38. The van der Waals surface area contributed by atoms with Crippen LogP contribution in [-0.4, -0.2) is 34.6 Å². The molecule has 1 unspecified atom stereocenters. The number of halogens is 1. The number of allylic oxidation sites excluding steroid dienone is 3. The zero-order valence-corrected chi connectivity index (χ0v) is 22.7. The van der Waals surface area contributed by atoms with E-state index in [1.165, 1.54) is 23.1 Å². The minimum absolute atomic E-state index is 0.0133. The number of anilines is 1. The first-order valence-electron chi connectivity index (χ1n) is 11.8. The lowest BCUT2D eigenvalue weighted by atomic mass is 9.76. The van der Waals surface area contributed by atoms with Crippen LogP contribution in [0.5, 0.6) is 5.75 Å². The van der Waals surface area contributed by atoms with Gasteiger partial charge in [-0.15, -0.1) is 10.2 Å². The molecule has 0 bridgehead atoms. The highest BCUT2D eigenvalue weighted by molar-refractivity contribution is 8.01. The van der Waals surface area contributed by atoms with Crippen LogP contribution in [0, 0.1) is 11.3 Å². The van der Waals surface area contributed by atoms with Crippen molar-refractivity contribution in [2.24, 2.45) is 5.73 Å². The molecular formula is C27H22ClN5O3S2.